The fraction of sp³-hybridized carbons (Fsp3) is 0.574. The molecule has 0 bridgehead atoms. The van der Waals surface area contributed by atoms with Crippen LogP contribution in [-0.2, 0) is 53.7 Å². The van der Waals surface area contributed by atoms with Crippen LogP contribution >= 0.6 is 15.2 Å². The second-order valence-corrected chi connectivity index (χ2v) is 26.1. The third-order valence-corrected chi connectivity index (χ3v) is 16.2. The van der Waals surface area contributed by atoms with Crippen LogP contribution in [0.1, 0.15) is 122 Å². The predicted octanol–water partition coefficient (Wildman–Crippen LogP) is 10.8. The first-order chi connectivity index (χ1) is 30.1. The lowest BCUT2D eigenvalue weighted by molar-refractivity contribution is 0.0523. The monoisotopic (exact) mass is 978 g/mol. The summed E-state index contributed by atoms with van der Waals surface area (Å²) in [6, 6.07) is 4.73. The number of ether oxygens (including phenoxy) is 5. The van der Waals surface area contributed by atoms with Crippen molar-refractivity contribution in [2.45, 2.75) is 145 Å². The zero-order valence-electron chi connectivity index (χ0n) is 38.9. The Kier molecular flexibility index (Phi) is 23.6. The number of aromatic hydroxyl groups is 1. The number of hydrogen-bond donors (Lipinski definition) is 3. The number of allylic oxidation sites excluding steroid dienone is 4. The van der Waals surface area contributed by atoms with Crippen molar-refractivity contribution in [3.8, 4) is 35.1 Å². The Labute approximate surface area is 392 Å². The van der Waals surface area contributed by atoms with Crippen LogP contribution in [0.2, 0.25) is 25.7 Å². The summed E-state index contributed by atoms with van der Waals surface area (Å²) in [5.74, 6) is 0.411. The molecule has 66 heavy (non-hydrogen) atoms. The third-order valence-electron chi connectivity index (χ3n) is 11.1. The maximum absolute atomic E-state index is 13.3. The van der Waals surface area contributed by atoms with Gasteiger partial charge in [-0.1, -0.05) is 71.6 Å². The van der Waals surface area contributed by atoms with Gasteiger partial charge in [0.15, 0.2) is 11.3 Å². The Morgan fingerprint density at radius 3 is 1.62 bits per heavy atom. The fourth-order valence-corrected chi connectivity index (χ4v) is 10.5. The van der Waals surface area contributed by atoms with E-state index in [1.807, 2.05) is 26.8 Å². The molecule has 2 atom stereocenters. The number of fused-ring (bicyclic) bond motifs is 2. The number of rotatable bonds is 22. The quantitative estimate of drug-likeness (QED) is 0.0430. The Hall–Kier alpha value is -4.44. The van der Waals surface area contributed by atoms with Gasteiger partial charge in [-0.15, -0.1) is 0 Å². The summed E-state index contributed by atoms with van der Waals surface area (Å²) in [4.78, 5) is 43.1. The number of esters is 2. The number of benzene rings is 2. The Balaban J connectivity index is 0.000000669. The molecule has 0 aromatic heterocycles. The van der Waals surface area contributed by atoms with E-state index in [9.17, 15) is 38.9 Å². The van der Waals surface area contributed by atoms with Gasteiger partial charge in [0.1, 0.15) is 47.3 Å². The van der Waals surface area contributed by atoms with Crippen LogP contribution in [0.5, 0.6) is 23.0 Å². The van der Waals surface area contributed by atoms with Crippen molar-refractivity contribution in [2.24, 2.45) is 0 Å². The van der Waals surface area contributed by atoms with E-state index in [0.717, 1.165) is 28.3 Å². The van der Waals surface area contributed by atoms with Crippen LogP contribution in [0.4, 0.5) is 0 Å². The number of phenols is 1. The molecule has 3 N–H and O–H groups in total. The average molecular weight is 979 g/mol. The number of hydrogen-bond acceptors (Lipinski definition) is 14. The van der Waals surface area contributed by atoms with Gasteiger partial charge < -0.3 is 47.6 Å². The van der Waals surface area contributed by atoms with Gasteiger partial charge >= 0.3 is 27.1 Å². The second-order valence-electron chi connectivity index (χ2n) is 16.5. The van der Waals surface area contributed by atoms with Gasteiger partial charge in [0, 0.05) is 30.3 Å². The minimum atomic E-state index is -4.53. The van der Waals surface area contributed by atoms with E-state index in [0.29, 0.717) is 70.9 Å². The highest BCUT2D eigenvalue weighted by atomic mass is 31.2. The summed E-state index contributed by atoms with van der Waals surface area (Å²) in [5.41, 5.74) is 3.96. The summed E-state index contributed by atoms with van der Waals surface area (Å²) in [6.07, 6.45) is 5.60. The lowest BCUT2D eigenvalue weighted by Crippen LogP contribution is -2.23. The molecule has 0 radical (unpaired) electrons. The fourth-order valence-electron chi connectivity index (χ4n) is 7.43. The molecule has 0 saturated heterocycles. The van der Waals surface area contributed by atoms with Crippen molar-refractivity contribution < 1.29 is 66.3 Å². The molecule has 2 heterocycles. The van der Waals surface area contributed by atoms with Crippen molar-refractivity contribution in [3.05, 3.63) is 67.8 Å². The Bertz CT molecular complexity index is 2270. The number of carbonyl (C=O) groups is 2. The molecule has 0 amide bonds. The number of phenolic OH excluding ortho intramolecular Hbond substituents is 1. The lowest BCUT2D eigenvalue weighted by atomic mass is 9.94. The number of nitriles is 2. The summed E-state index contributed by atoms with van der Waals surface area (Å²) in [7, 11) is -6.41. The van der Waals surface area contributed by atoms with Crippen LogP contribution < -0.4 is 14.2 Å². The average Bonchev–Trinajstić information content (AvgIpc) is 3.82. The van der Waals surface area contributed by atoms with Crippen LogP contribution in [0, 0.1) is 36.5 Å². The molecule has 2 unspecified atom stereocenters. The zero-order chi connectivity index (χ0) is 48.2. The molecule has 4 rings (SSSR count). The molecule has 2 aliphatic rings. The molecule has 0 aliphatic carbocycles. The van der Waals surface area contributed by atoms with Crippen LogP contribution in [0.3, 0.4) is 0 Å². The zero-order valence-corrected chi connectivity index (χ0v) is 41.7. The SMILES string of the molecule is C.C.CC/C(=C\Cc1c(O)c2c(c(C)c1OC)COC2=O)CC(C#N)P(=O)(O)O.CCOP(=O)(OCC)C(C#N)C/C(=C/Cc1c(OC)c(C)c2c(c1OCC[Si](C)(C)C)C(=O)OC2)CC. The topological polar surface area (TPSA) is 241 Å². The van der Waals surface area contributed by atoms with E-state index >= 15 is 0 Å². The molecule has 2 aliphatic heterocycles. The van der Waals surface area contributed by atoms with Gasteiger partial charge in [-0.2, -0.15) is 10.5 Å². The summed E-state index contributed by atoms with van der Waals surface area (Å²) in [5, 5.41) is 29.4. The highest BCUT2D eigenvalue weighted by molar-refractivity contribution is 7.55. The van der Waals surface area contributed by atoms with Crippen LogP contribution in [-0.4, -0.2) is 80.3 Å². The summed E-state index contributed by atoms with van der Waals surface area (Å²) < 4.78 is 63.4. The molecule has 368 valence electrons. The second kappa shape index (κ2) is 26.2. The van der Waals surface area contributed by atoms with Crippen LogP contribution in [0.15, 0.2) is 23.3 Å². The first kappa shape index (κ1) is 59.6. The van der Waals surface area contributed by atoms with E-state index in [-0.39, 0.29) is 77.8 Å². The van der Waals surface area contributed by atoms with Gasteiger partial charge in [0.05, 0.1) is 46.2 Å². The first-order valence-corrected chi connectivity index (χ1v) is 28.3. The number of cyclic esters (lactones) is 2. The largest absolute Gasteiger partial charge is 0.507 e. The molecule has 0 spiro atoms. The molecular formula is C47H72N2O14P2Si. The van der Waals surface area contributed by atoms with Gasteiger partial charge in [-0.25, -0.2) is 9.59 Å². The molecular weight excluding hydrogens is 907 g/mol. The highest BCUT2D eigenvalue weighted by Crippen LogP contribution is 2.55. The third kappa shape index (κ3) is 14.5. The van der Waals surface area contributed by atoms with Gasteiger partial charge in [0.25, 0.3) is 0 Å². The molecule has 16 nitrogen and oxygen atoms in total. The minimum absolute atomic E-state index is 0. The molecule has 0 saturated carbocycles. The lowest BCUT2D eigenvalue weighted by Gasteiger charge is -2.23. The van der Waals surface area contributed by atoms with Crippen molar-refractivity contribution in [2.75, 3.05) is 34.0 Å². The Morgan fingerprint density at radius 1 is 0.758 bits per heavy atom. The molecule has 0 fully saturated rings. The maximum Gasteiger partial charge on any atom is 0.348 e. The number of methoxy groups -OCH3 is 2. The van der Waals surface area contributed by atoms with Gasteiger partial charge in [-0.05, 0) is 83.4 Å². The number of carbonyl (C=O) groups excluding carboxylic acids is 2. The molecule has 2 aromatic carbocycles. The molecule has 19 heteroatoms. The minimum Gasteiger partial charge on any atom is -0.507 e. The van der Waals surface area contributed by atoms with E-state index < -0.39 is 40.6 Å². The standard InChI is InChI=1S/C27H42NO7PSi.C18H22NO7P.2CH4/c1-9-20(16-21(17-28)36(30,34-10-2)35-11-3)12-13-22-25(31-5)19(4)23-18-33-27(29)24(23)26(22)32-14-15-37(6,7)8;1-4-11(7-12(8-19)27(22,23)24)5-6-13-16(20)15-14(9-26-18(15)21)10(2)17(13)25-3;;/h12,21H,9-11,13-16,18H2,1-8H3;5,12,20H,4,6-7,9H2,1-3H3,(H2,22,23,24);2*1H4/b20-12+;11-5+;;. The van der Waals surface area contributed by atoms with Crippen molar-refractivity contribution in [1.82, 2.24) is 0 Å². The highest BCUT2D eigenvalue weighted by Gasteiger charge is 2.37. The summed E-state index contributed by atoms with van der Waals surface area (Å²) >= 11 is 0. The summed E-state index contributed by atoms with van der Waals surface area (Å²) in [6.45, 7) is 18.9. The Morgan fingerprint density at radius 2 is 1.20 bits per heavy atom. The smallest absolute Gasteiger partial charge is 0.348 e. The predicted molar refractivity (Wildman–Crippen MR) is 258 cm³/mol. The van der Waals surface area contributed by atoms with Crippen LogP contribution in [0.25, 0.3) is 0 Å². The van der Waals surface area contributed by atoms with Gasteiger partial charge in [-0.3, -0.25) is 9.13 Å². The van der Waals surface area contributed by atoms with Crippen molar-refractivity contribution >= 4 is 35.2 Å². The van der Waals surface area contributed by atoms with Gasteiger partial charge in [0.2, 0.25) is 0 Å². The van der Waals surface area contributed by atoms with Crippen molar-refractivity contribution in [3.63, 3.8) is 0 Å². The van der Waals surface area contributed by atoms with E-state index in [4.69, 9.17) is 38.0 Å². The van der Waals surface area contributed by atoms with E-state index in [2.05, 4.69) is 25.7 Å². The normalized spacial score (nSPS) is 14.4. The maximum atomic E-state index is 13.3. The van der Waals surface area contributed by atoms with E-state index in [1.165, 1.54) is 7.11 Å². The first-order valence-electron chi connectivity index (χ1n) is 21.3. The molecule has 2 aromatic rings. The van der Waals surface area contributed by atoms with Crippen molar-refractivity contribution in [1.29, 1.82) is 10.5 Å². The van der Waals surface area contributed by atoms with E-state index in [1.54, 1.807) is 40.0 Å². The number of nitrogens with zero attached hydrogens (tertiary/aromatic N) is 2.